The molecule has 0 radical (unpaired) electrons. The van der Waals surface area contributed by atoms with Crippen molar-refractivity contribution in [1.29, 1.82) is 0 Å². The second-order valence-electron chi connectivity index (χ2n) is 4.19. The molecule has 0 spiro atoms. The molecule has 0 saturated carbocycles. The first-order valence-electron chi connectivity index (χ1n) is 6.01. The number of hydrogen-bond acceptors (Lipinski definition) is 3. The Morgan fingerprint density at radius 2 is 2.00 bits per heavy atom. The summed E-state index contributed by atoms with van der Waals surface area (Å²) in [6.45, 7) is 3.86. The van der Waals surface area contributed by atoms with E-state index in [2.05, 4.69) is 10.6 Å². The maximum atomic E-state index is 11.6. The summed E-state index contributed by atoms with van der Waals surface area (Å²) in [5, 5.41) is 13.5. The van der Waals surface area contributed by atoms with E-state index in [0.717, 1.165) is 0 Å². The van der Waals surface area contributed by atoms with Gasteiger partial charge >= 0.3 is 12.0 Å². The van der Waals surface area contributed by atoms with Crippen LogP contribution in [0.25, 0.3) is 0 Å². The molecule has 3 N–H and O–H groups in total. The van der Waals surface area contributed by atoms with Crippen LogP contribution in [0.2, 0.25) is 0 Å². The number of carbonyl (C=O) groups excluding carboxylic acids is 1. The lowest BCUT2D eigenvalue weighted by Gasteiger charge is -2.14. The van der Waals surface area contributed by atoms with Gasteiger partial charge in [0.25, 0.3) is 0 Å². The highest BCUT2D eigenvalue weighted by atomic mass is 16.5. The van der Waals surface area contributed by atoms with Crippen molar-refractivity contribution in [3.8, 4) is 5.75 Å². The Kier molecular flexibility index (Phi) is 5.66. The minimum atomic E-state index is -0.955. The largest absolute Gasteiger partial charge is 0.489 e. The molecule has 104 valence electrons. The predicted molar refractivity (Wildman–Crippen MR) is 71.5 cm³/mol. The van der Waals surface area contributed by atoms with Gasteiger partial charge in [0.15, 0.2) is 0 Å². The van der Waals surface area contributed by atoms with E-state index in [9.17, 15) is 9.59 Å². The van der Waals surface area contributed by atoms with Gasteiger partial charge in [-0.25, -0.2) is 4.79 Å². The molecule has 0 atom stereocenters. The zero-order valence-corrected chi connectivity index (χ0v) is 11.0. The molecule has 19 heavy (non-hydrogen) atoms. The highest BCUT2D eigenvalue weighted by Crippen LogP contribution is 2.24. The molecule has 0 bridgehead atoms. The molecule has 0 aliphatic heterocycles. The molecular formula is C13H18N2O4. The molecule has 0 heterocycles. The first kappa shape index (κ1) is 14.8. The molecule has 0 saturated heterocycles. The van der Waals surface area contributed by atoms with Gasteiger partial charge < -0.3 is 20.5 Å². The fourth-order valence-corrected chi connectivity index (χ4v) is 1.38. The molecule has 1 aromatic rings. The maximum Gasteiger partial charge on any atom is 0.319 e. The van der Waals surface area contributed by atoms with Crippen molar-refractivity contribution in [3.63, 3.8) is 0 Å². The van der Waals surface area contributed by atoms with E-state index < -0.39 is 12.0 Å². The van der Waals surface area contributed by atoms with Gasteiger partial charge in [-0.2, -0.15) is 0 Å². The fraction of sp³-hybridized carbons (Fsp3) is 0.385. The van der Waals surface area contributed by atoms with Gasteiger partial charge in [-0.1, -0.05) is 12.1 Å². The van der Waals surface area contributed by atoms with Crippen LogP contribution in [0.1, 0.15) is 20.3 Å². The Morgan fingerprint density at radius 1 is 1.32 bits per heavy atom. The van der Waals surface area contributed by atoms with Crippen molar-refractivity contribution >= 4 is 17.7 Å². The lowest BCUT2D eigenvalue weighted by atomic mass is 10.3. The third-order valence-electron chi connectivity index (χ3n) is 2.12. The quantitative estimate of drug-likeness (QED) is 0.735. The Bertz CT molecular complexity index is 446. The van der Waals surface area contributed by atoms with Gasteiger partial charge in [0, 0.05) is 6.54 Å². The summed E-state index contributed by atoms with van der Waals surface area (Å²) in [6, 6.07) is 6.60. The Hall–Kier alpha value is -2.24. The van der Waals surface area contributed by atoms with E-state index in [-0.39, 0.29) is 19.1 Å². The van der Waals surface area contributed by atoms with Crippen molar-refractivity contribution in [2.24, 2.45) is 0 Å². The van der Waals surface area contributed by atoms with Gasteiger partial charge in [0.05, 0.1) is 18.2 Å². The van der Waals surface area contributed by atoms with Crippen LogP contribution in [-0.4, -0.2) is 29.8 Å². The maximum absolute atomic E-state index is 11.6. The number of aliphatic carboxylic acids is 1. The number of benzene rings is 1. The first-order chi connectivity index (χ1) is 8.99. The second kappa shape index (κ2) is 7.25. The van der Waals surface area contributed by atoms with Gasteiger partial charge in [-0.15, -0.1) is 0 Å². The Balaban J connectivity index is 2.56. The fourth-order valence-electron chi connectivity index (χ4n) is 1.38. The third-order valence-corrected chi connectivity index (χ3v) is 2.12. The van der Waals surface area contributed by atoms with Crippen molar-refractivity contribution < 1.29 is 19.4 Å². The summed E-state index contributed by atoms with van der Waals surface area (Å²) in [5.41, 5.74) is 0.545. The molecule has 1 rings (SSSR count). The molecule has 0 unspecified atom stereocenters. The van der Waals surface area contributed by atoms with E-state index in [1.54, 1.807) is 18.2 Å². The van der Waals surface area contributed by atoms with E-state index in [4.69, 9.17) is 9.84 Å². The van der Waals surface area contributed by atoms with Crippen LogP contribution >= 0.6 is 0 Å². The standard InChI is InChI=1S/C13H18N2O4/c1-9(2)19-11-6-4-3-5-10(11)15-13(18)14-8-7-12(16)17/h3-6,9H,7-8H2,1-2H3,(H,16,17)(H2,14,15,18). The minimum Gasteiger partial charge on any atom is -0.489 e. The zero-order chi connectivity index (χ0) is 14.3. The SMILES string of the molecule is CC(C)Oc1ccccc1NC(=O)NCCC(=O)O. The molecule has 1 aromatic carbocycles. The van der Waals surface area contributed by atoms with Crippen molar-refractivity contribution in [2.45, 2.75) is 26.4 Å². The topological polar surface area (TPSA) is 87.7 Å². The summed E-state index contributed by atoms with van der Waals surface area (Å²) in [6.07, 6.45) is -0.115. The Morgan fingerprint density at radius 3 is 2.63 bits per heavy atom. The molecule has 6 nitrogen and oxygen atoms in total. The van der Waals surface area contributed by atoms with Gasteiger partial charge in [0.1, 0.15) is 5.75 Å². The van der Waals surface area contributed by atoms with Gasteiger partial charge in [-0.3, -0.25) is 4.79 Å². The lowest BCUT2D eigenvalue weighted by Crippen LogP contribution is -2.30. The van der Waals surface area contributed by atoms with E-state index in [0.29, 0.717) is 11.4 Å². The van der Waals surface area contributed by atoms with E-state index in [1.807, 2.05) is 19.9 Å². The summed E-state index contributed by atoms with van der Waals surface area (Å²) >= 11 is 0. The number of urea groups is 1. The number of anilines is 1. The van der Waals surface area contributed by atoms with Crippen molar-refractivity contribution in [2.75, 3.05) is 11.9 Å². The number of hydrogen-bond donors (Lipinski definition) is 3. The molecule has 2 amide bonds. The summed E-state index contributed by atoms with van der Waals surface area (Å²) < 4.78 is 5.55. The van der Waals surface area contributed by atoms with Crippen LogP contribution in [0.4, 0.5) is 10.5 Å². The van der Waals surface area contributed by atoms with Crippen molar-refractivity contribution in [3.05, 3.63) is 24.3 Å². The van der Waals surface area contributed by atoms with Crippen LogP contribution in [0.5, 0.6) is 5.75 Å². The van der Waals surface area contributed by atoms with Gasteiger partial charge in [-0.05, 0) is 26.0 Å². The van der Waals surface area contributed by atoms with Crippen LogP contribution in [0.3, 0.4) is 0 Å². The number of para-hydroxylation sites is 2. The highest BCUT2D eigenvalue weighted by molar-refractivity contribution is 5.91. The molecule has 0 aliphatic rings. The number of ether oxygens (including phenoxy) is 1. The summed E-state index contributed by atoms with van der Waals surface area (Å²) in [5.74, 6) is -0.380. The number of carboxylic acid groups (broad SMARTS) is 1. The molecule has 0 aliphatic carbocycles. The number of amides is 2. The number of rotatable bonds is 6. The minimum absolute atomic E-state index is 0.00183. The number of carboxylic acids is 1. The normalized spacial score (nSPS) is 10.1. The smallest absolute Gasteiger partial charge is 0.319 e. The van der Waals surface area contributed by atoms with Crippen LogP contribution in [0, 0.1) is 0 Å². The lowest BCUT2D eigenvalue weighted by molar-refractivity contribution is -0.136. The third kappa shape index (κ3) is 5.76. The summed E-state index contributed by atoms with van der Waals surface area (Å²) in [7, 11) is 0. The number of nitrogens with one attached hydrogen (secondary N) is 2. The van der Waals surface area contributed by atoms with Crippen LogP contribution in [0.15, 0.2) is 24.3 Å². The number of carbonyl (C=O) groups is 2. The predicted octanol–water partition coefficient (Wildman–Crippen LogP) is 2.07. The highest BCUT2D eigenvalue weighted by Gasteiger charge is 2.08. The molecule has 6 heteroatoms. The monoisotopic (exact) mass is 266 g/mol. The molecular weight excluding hydrogens is 248 g/mol. The molecule has 0 aromatic heterocycles. The average molecular weight is 266 g/mol. The second-order valence-corrected chi connectivity index (χ2v) is 4.19. The van der Waals surface area contributed by atoms with E-state index >= 15 is 0 Å². The zero-order valence-electron chi connectivity index (χ0n) is 11.0. The van der Waals surface area contributed by atoms with Crippen molar-refractivity contribution in [1.82, 2.24) is 5.32 Å². The average Bonchev–Trinajstić information content (AvgIpc) is 2.30. The first-order valence-corrected chi connectivity index (χ1v) is 6.01. The summed E-state index contributed by atoms with van der Waals surface area (Å²) in [4.78, 5) is 21.9. The van der Waals surface area contributed by atoms with Crippen LogP contribution < -0.4 is 15.4 Å². The Labute approximate surface area is 111 Å². The van der Waals surface area contributed by atoms with Crippen LogP contribution in [-0.2, 0) is 4.79 Å². The molecule has 0 fully saturated rings. The van der Waals surface area contributed by atoms with Gasteiger partial charge in [0.2, 0.25) is 0 Å². The van der Waals surface area contributed by atoms with E-state index in [1.165, 1.54) is 0 Å².